The van der Waals surface area contributed by atoms with Crippen LogP contribution in [-0.2, 0) is 6.42 Å². The monoisotopic (exact) mass is 281 g/mol. The fourth-order valence-electron chi connectivity index (χ4n) is 2.11. The zero-order valence-corrected chi connectivity index (χ0v) is 12.4. The Hall–Kier alpha value is -1.69. The summed E-state index contributed by atoms with van der Waals surface area (Å²) in [7, 11) is 1.51. The topological polar surface area (TPSA) is 77.3 Å². The van der Waals surface area contributed by atoms with Gasteiger partial charge in [-0.3, -0.25) is 10.1 Å². The maximum absolute atomic E-state index is 11.1. The summed E-state index contributed by atoms with van der Waals surface area (Å²) < 4.78 is 5.06. The zero-order valence-electron chi connectivity index (χ0n) is 12.4. The number of hydrogen-bond acceptors (Lipinski definition) is 5. The molecule has 1 aromatic rings. The van der Waals surface area contributed by atoms with Gasteiger partial charge in [-0.15, -0.1) is 0 Å². The lowest BCUT2D eigenvalue weighted by molar-refractivity contribution is -0.386. The number of rotatable bonds is 9. The minimum atomic E-state index is -0.384. The highest BCUT2D eigenvalue weighted by Crippen LogP contribution is 2.22. The lowest BCUT2D eigenvalue weighted by atomic mass is 10.0. The molecule has 0 aromatic carbocycles. The molecule has 6 nitrogen and oxygen atoms in total. The minimum Gasteiger partial charge on any atom is -0.481 e. The number of nitro groups is 1. The van der Waals surface area contributed by atoms with Crippen LogP contribution in [-0.4, -0.2) is 29.6 Å². The van der Waals surface area contributed by atoms with Crippen molar-refractivity contribution in [2.75, 3.05) is 13.7 Å². The standard InChI is InChI=1S/C14H23N3O3/c1-4-6-11(15-9-5-2)10-12-13(17(18)19)7-8-14(16-12)20-3/h7-8,11,15H,4-6,9-10H2,1-3H3. The van der Waals surface area contributed by atoms with E-state index in [1.807, 2.05) is 0 Å². The summed E-state index contributed by atoms with van der Waals surface area (Å²) in [6.07, 6.45) is 3.57. The Bertz CT molecular complexity index is 438. The molecule has 0 bridgehead atoms. The van der Waals surface area contributed by atoms with Crippen LogP contribution >= 0.6 is 0 Å². The fraction of sp³-hybridized carbons (Fsp3) is 0.643. The Kier molecular flexibility index (Phi) is 6.93. The highest BCUT2D eigenvalue weighted by atomic mass is 16.6. The molecular formula is C14H23N3O3. The molecule has 1 atom stereocenters. The Balaban J connectivity index is 2.93. The van der Waals surface area contributed by atoms with E-state index in [0.717, 1.165) is 25.8 Å². The van der Waals surface area contributed by atoms with Crippen molar-refractivity contribution in [1.82, 2.24) is 10.3 Å². The van der Waals surface area contributed by atoms with Crippen molar-refractivity contribution in [2.24, 2.45) is 0 Å². The van der Waals surface area contributed by atoms with Crippen LogP contribution in [0.2, 0.25) is 0 Å². The van der Waals surface area contributed by atoms with Gasteiger partial charge in [0.15, 0.2) is 0 Å². The van der Waals surface area contributed by atoms with Crippen molar-refractivity contribution in [3.63, 3.8) is 0 Å². The van der Waals surface area contributed by atoms with Crippen LogP contribution in [0, 0.1) is 10.1 Å². The van der Waals surface area contributed by atoms with Crippen LogP contribution in [0.25, 0.3) is 0 Å². The maximum Gasteiger partial charge on any atom is 0.291 e. The largest absolute Gasteiger partial charge is 0.481 e. The quantitative estimate of drug-likeness (QED) is 0.556. The van der Waals surface area contributed by atoms with Gasteiger partial charge in [0, 0.05) is 24.6 Å². The number of ether oxygens (including phenoxy) is 1. The highest BCUT2D eigenvalue weighted by molar-refractivity contribution is 5.38. The van der Waals surface area contributed by atoms with E-state index in [1.165, 1.54) is 19.2 Å². The highest BCUT2D eigenvalue weighted by Gasteiger charge is 2.20. The third-order valence-corrected chi connectivity index (χ3v) is 3.09. The van der Waals surface area contributed by atoms with Gasteiger partial charge in [-0.2, -0.15) is 0 Å². The van der Waals surface area contributed by atoms with Gasteiger partial charge in [0.2, 0.25) is 5.88 Å². The number of aromatic nitrogens is 1. The van der Waals surface area contributed by atoms with E-state index < -0.39 is 0 Å². The van der Waals surface area contributed by atoms with Crippen molar-refractivity contribution >= 4 is 5.69 Å². The Morgan fingerprint density at radius 2 is 2.15 bits per heavy atom. The van der Waals surface area contributed by atoms with E-state index in [-0.39, 0.29) is 16.7 Å². The van der Waals surface area contributed by atoms with E-state index >= 15 is 0 Å². The normalized spacial score (nSPS) is 12.2. The van der Waals surface area contributed by atoms with E-state index in [9.17, 15) is 10.1 Å². The fourth-order valence-corrected chi connectivity index (χ4v) is 2.11. The molecule has 0 fully saturated rings. The second-order valence-corrected chi connectivity index (χ2v) is 4.72. The first-order chi connectivity index (χ1) is 9.62. The Morgan fingerprint density at radius 3 is 2.70 bits per heavy atom. The van der Waals surface area contributed by atoms with Crippen molar-refractivity contribution in [3.8, 4) is 5.88 Å². The van der Waals surface area contributed by atoms with Gasteiger partial charge in [0.1, 0.15) is 5.69 Å². The Morgan fingerprint density at radius 1 is 1.40 bits per heavy atom. The average Bonchev–Trinajstić information content (AvgIpc) is 2.44. The second kappa shape index (κ2) is 8.47. The molecule has 0 spiro atoms. The smallest absolute Gasteiger partial charge is 0.291 e. The van der Waals surface area contributed by atoms with Gasteiger partial charge in [-0.05, 0) is 19.4 Å². The third kappa shape index (κ3) is 4.77. The first kappa shape index (κ1) is 16.4. The summed E-state index contributed by atoms with van der Waals surface area (Å²) in [5, 5.41) is 14.5. The molecule has 0 amide bonds. The van der Waals surface area contributed by atoms with E-state index in [4.69, 9.17) is 4.74 Å². The number of hydrogen-bond donors (Lipinski definition) is 1. The number of methoxy groups -OCH3 is 1. The predicted octanol–water partition coefficient (Wildman–Crippen LogP) is 2.71. The molecule has 112 valence electrons. The third-order valence-electron chi connectivity index (χ3n) is 3.09. The lowest BCUT2D eigenvalue weighted by Crippen LogP contribution is -2.32. The van der Waals surface area contributed by atoms with Crippen molar-refractivity contribution in [3.05, 3.63) is 27.9 Å². The van der Waals surface area contributed by atoms with Crippen molar-refractivity contribution in [2.45, 2.75) is 45.6 Å². The molecule has 0 aliphatic rings. The molecule has 20 heavy (non-hydrogen) atoms. The number of nitrogens with zero attached hydrogens (tertiary/aromatic N) is 2. The number of nitrogens with one attached hydrogen (secondary N) is 1. The van der Waals surface area contributed by atoms with Gasteiger partial charge in [0.05, 0.1) is 12.0 Å². The zero-order chi connectivity index (χ0) is 15.0. The molecule has 0 aliphatic heterocycles. The van der Waals surface area contributed by atoms with E-state index in [2.05, 4.69) is 24.1 Å². The molecule has 0 aliphatic carbocycles. The van der Waals surface area contributed by atoms with Crippen LogP contribution in [0.3, 0.4) is 0 Å². The second-order valence-electron chi connectivity index (χ2n) is 4.72. The molecule has 1 aromatic heterocycles. The van der Waals surface area contributed by atoms with Crippen LogP contribution in [0.5, 0.6) is 5.88 Å². The summed E-state index contributed by atoms with van der Waals surface area (Å²) in [5.74, 6) is 0.413. The SMILES string of the molecule is CCCNC(CCC)Cc1nc(OC)ccc1[N+](=O)[O-]. The van der Waals surface area contributed by atoms with Crippen LogP contribution in [0.4, 0.5) is 5.69 Å². The van der Waals surface area contributed by atoms with E-state index in [0.29, 0.717) is 18.0 Å². The first-order valence-corrected chi connectivity index (χ1v) is 7.04. The first-order valence-electron chi connectivity index (χ1n) is 7.04. The molecule has 1 N–H and O–H groups in total. The predicted molar refractivity (Wildman–Crippen MR) is 78.1 cm³/mol. The van der Waals surface area contributed by atoms with Gasteiger partial charge in [-0.25, -0.2) is 4.98 Å². The van der Waals surface area contributed by atoms with Crippen molar-refractivity contribution < 1.29 is 9.66 Å². The summed E-state index contributed by atoms with van der Waals surface area (Å²) in [6, 6.07) is 3.19. The van der Waals surface area contributed by atoms with Crippen LogP contribution in [0.1, 0.15) is 38.8 Å². The van der Waals surface area contributed by atoms with Crippen LogP contribution in [0.15, 0.2) is 12.1 Å². The maximum atomic E-state index is 11.1. The average molecular weight is 281 g/mol. The molecule has 1 unspecified atom stereocenters. The van der Waals surface area contributed by atoms with Crippen molar-refractivity contribution in [1.29, 1.82) is 0 Å². The Labute approximate surface area is 119 Å². The van der Waals surface area contributed by atoms with E-state index in [1.54, 1.807) is 0 Å². The minimum absolute atomic E-state index is 0.0604. The van der Waals surface area contributed by atoms with Crippen LogP contribution < -0.4 is 10.1 Å². The molecule has 0 saturated heterocycles. The number of pyridine rings is 1. The molecule has 1 rings (SSSR count). The lowest BCUT2D eigenvalue weighted by Gasteiger charge is -2.17. The van der Waals surface area contributed by atoms with Gasteiger partial charge in [-0.1, -0.05) is 20.3 Å². The summed E-state index contributed by atoms with van der Waals surface area (Å²) in [6.45, 7) is 5.11. The molecule has 0 radical (unpaired) electrons. The molecule has 6 heteroatoms. The summed E-state index contributed by atoms with van der Waals surface area (Å²) in [5.41, 5.74) is 0.543. The van der Waals surface area contributed by atoms with Gasteiger partial charge >= 0.3 is 0 Å². The summed E-state index contributed by atoms with van der Waals surface area (Å²) in [4.78, 5) is 14.9. The van der Waals surface area contributed by atoms with Gasteiger partial charge in [0.25, 0.3) is 5.69 Å². The molecule has 1 heterocycles. The van der Waals surface area contributed by atoms with Gasteiger partial charge < -0.3 is 10.1 Å². The summed E-state index contributed by atoms with van der Waals surface area (Å²) >= 11 is 0. The molecule has 0 saturated carbocycles. The molecular weight excluding hydrogens is 258 g/mol.